The van der Waals surface area contributed by atoms with Crippen LogP contribution in [0.25, 0.3) is 0 Å². The van der Waals surface area contributed by atoms with E-state index in [0.29, 0.717) is 36.3 Å². The molecule has 0 unspecified atom stereocenters. The fraction of sp³-hybridized carbons (Fsp3) is 0.286. The third kappa shape index (κ3) is 2.84. The highest BCUT2D eigenvalue weighted by Gasteiger charge is 2.20. The van der Waals surface area contributed by atoms with E-state index in [1.165, 1.54) is 0 Å². The second-order valence-corrected chi connectivity index (χ2v) is 5.61. The molecule has 0 bridgehead atoms. The van der Waals surface area contributed by atoms with Crippen molar-refractivity contribution in [3.05, 3.63) is 61.5 Å². The number of fused-ring (bicyclic) bond motifs is 1. The summed E-state index contributed by atoms with van der Waals surface area (Å²) in [6.07, 6.45) is 0.503. The monoisotopic (exact) mass is 327 g/mol. The van der Waals surface area contributed by atoms with Gasteiger partial charge in [-0.25, -0.2) is 13.2 Å². The molecule has 1 aromatic heterocycles. The zero-order chi connectivity index (χ0) is 15.9. The van der Waals surface area contributed by atoms with E-state index in [2.05, 4.69) is 9.97 Å². The predicted molar refractivity (Wildman–Crippen MR) is 76.4 cm³/mol. The van der Waals surface area contributed by atoms with Crippen molar-refractivity contribution in [1.29, 1.82) is 0 Å². The molecule has 0 spiro atoms. The lowest BCUT2D eigenvalue weighted by Crippen LogP contribution is -2.34. The molecule has 22 heavy (non-hydrogen) atoms. The quantitative estimate of drug-likeness (QED) is 0.658. The molecule has 1 aliphatic heterocycles. The summed E-state index contributed by atoms with van der Waals surface area (Å²) in [7, 11) is 0. The minimum Gasteiger partial charge on any atom is -0.334 e. The molecule has 0 radical (unpaired) electrons. The van der Waals surface area contributed by atoms with Crippen molar-refractivity contribution < 1.29 is 13.2 Å². The van der Waals surface area contributed by atoms with Crippen LogP contribution in [0.5, 0.6) is 0 Å². The van der Waals surface area contributed by atoms with E-state index in [-0.39, 0.29) is 16.9 Å². The third-order valence-electron chi connectivity index (χ3n) is 3.64. The van der Waals surface area contributed by atoms with Gasteiger partial charge in [-0.1, -0.05) is 0 Å². The lowest BCUT2D eigenvalue weighted by molar-refractivity contribution is 0.239. The first-order valence-electron chi connectivity index (χ1n) is 6.64. The zero-order valence-corrected chi connectivity index (χ0v) is 12.2. The van der Waals surface area contributed by atoms with Crippen molar-refractivity contribution in [2.45, 2.75) is 19.5 Å². The number of aromatic nitrogens is 2. The Hall–Kier alpha value is -1.93. The molecule has 0 saturated carbocycles. The predicted octanol–water partition coefficient (Wildman–Crippen LogP) is 2.41. The maximum atomic E-state index is 13.2. The Bertz CT molecular complexity index is 823. The molecule has 2 heterocycles. The van der Waals surface area contributed by atoms with Gasteiger partial charge in [0.1, 0.15) is 0 Å². The number of H-pyrrole nitrogens is 2. The summed E-state index contributed by atoms with van der Waals surface area (Å²) in [5.74, 6) is -3.88. The number of nitrogens with one attached hydrogen (secondary N) is 2. The van der Waals surface area contributed by atoms with E-state index in [1.807, 2.05) is 4.90 Å². The van der Waals surface area contributed by atoms with E-state index >= 15 is 0 Å². The molecular weight excluding hydrogens is 315 g/mol. The molecule has 0 amide bonds. The summed E-state index contributed by atoms with van der Waals surface area (Å²) >= 11 is 4.93. The minimum atomic E-state index is -1.47. The second-order valence-electron chi connectivity index (χ2n) is 5.20. The summed E-state index contributed by atoms with van der Waals surface area (Å²) < 4.78 is 39.7. The largest absolute Gasteiger partial charge is 0.334 e. The smallest absolute Gasteiger partial charge is 0.255 e. The van der Waals surface area contributed by atoms with Crippen LogP contribution in [-0.4, -0.2) is 21.4 Å². The molecule has 1 aromatic carbocycles. The van der Waals surface area contributed by atoms with E-state index in [1.54, 1.807) is 0 Å². The van der Waals surface area contributed by atoms with E-state index in [9.17, 15) is 18.0 Å². The minimum absolute atomic E-state index is 0.211. The van der Waals surface area contributed by atoms with Gasteiger partial charge in [0.05, 0.1) is 0 Å². The molecule has 4 nitrogen and oxygen atoms in total. The van der Waals surface area contributed by atoms with Crippen LogP contribution in [0.3, 0.4) is 0 Å². The Morgan fingerprint density at radius 3 is 2.55 bits per heavy atom. The van der Waals surface area contributed by atoms with Gasteiger partial charge in [0.15, 0.2) is 22.2 Å². The fourth-order valence-corrected chi connectivity index (χ4v) is 2.84. The molecule has 0 saturated heterocycles. The number of hydrogen-bond acceptors (Lipinski definition) is 3. The Labute approximate surface area is 128 Å². The van der Waals surface area contributed by atoms with E-state index in [4.69, 9.17) is 12.2 Å². The summed E-state index contributed by atoms with van der Waals surface area (Å²) in [6, 6.07) is 1.96. The van der Waals surface area contributed by atoms with Crippen LogP contribution in [0.4, 0.5) is 13.2 Å². The first-order valence-corrected chi connectivity index (χ1v) is 7.05. The molecule has 0 aliphatic carbocycles. The van der Waals surface area contributed by atoms with Gasteiger partial charge < -0.3 is 4.98 Å². The lowest BCUT2D eigenvalue weighted by Gasteiger charge is -2.27. The van der Waals surface area contributed by atoms with Crippen LogP contribution in [0, 0.1) is 22.2 Å². The second kappa shape index (κ2) is 5.69. The van der Waals surface area contributed by atoms with Gasteiger partial charge in [0, 0.05) is 30.9 Å². The van der Waals surface area contributed by atoms with Gasteiger partial charge in [-0.05, 0) is 36.3 Å². The number of hydrogen-bond donors (Lipinski definition) is 2. The Morgan fingerprint density at radius 2 is 1.86 bits per heavy atom. The molecule has 0 fully saturated rings. The Kier molecular flexibility index (Phi) is 3.88. The number of nitrogens with zero attached hydrogens (tertiary/aromatic N) is 1. The maximum absolute atomic E-state index is 13.2. The van der Waals surface area contributed by atoms with Crippen molar-refractivity contribution >= 4 is 12.2 Å². The molecule has 1 aliphatic rings. The van der Waals surface area contributed by atoms with Crippen LogP contribution < -0.4 is 5.56 Å². The maximum Gasteiger partial charge on any atom is 0.255 e. The highest BCUT2D eigenvalue weighted by molar-refractivity contribution is 7.71. The number of benzene rings is 1. The summed E-state index contributed by atoms with van der Waals surface area (Å²) in [6.45, 7) is 1.21. The molecule has 2 N–H and O–H groups in total. The highest BCUT2D eigenvalue weighted by atomic mass is 32.1. The third-order valence-corrected chi connectivity index (χ3v) is 3.84. The number of aromatic amines is 2. The molecule has 0 atom stereocenters. The number of rotatable bonds is 2. The van der Waals surface area contributed by atoms with E-state index in [0.717, 1.165) is 12.1 Å². The topological polar surface area (TPSA) is 51.9 Å². The van der Waals surface area contributed by atoms with Gasteiger partial charge in [0.25, 0.3) is 5.56 Å². The fourth-order valence-electron chi connectivity index (χ4n) is 2.62. The lowest BCUT2D eigenvalue weighted by atomic mass is 10.1. The molecule has 116 valence electrons. The van der Waals surface area contributed by atoms with Crippen molar-refractivity contribution in [1.82, 2.24) is 14.9 Å². The van der Waals surface area contributed by atoms with Crippen molar-refractivity contribution in [3.63, 3.8) is 0 Å². The Morgan fingerprint density at radius 1 is 1.18 bits per heavy atom. The van der Waals surface area contributed by atoms with Crippen molar-refractivity contribution in [3.8, 4) is 0 Å². The first kappa shape index (κ1) is 15.0. The van der Waals surface area contributed by atoms with Gasteiger partial charge >= 0.3 is 0 Å². The van der Waals surface area contributed by atoms with Crippen LogP contribution in [0.15, 0.2) is 16.9 Å². The highest BCUT2D eigenvalue weighted by Crippen LogP contribution is 2.19. The van der Waals surface area contributed by atoms with Crippen LogP contribution in [-0.2, 0) is 19.5 Å². The van der Waals surface area contributed by atoms with Gasteiger partial charge in [-0.2, -0.15) is 0 Å². The normalized spacial score (nSPS) is 14.9. The van der Waals surface area contributed by atoms with E-state index < -0.39 is 17.5 Å². The summed E-state index contributed by atoms with van der Waals surface area (Å²) in [4.78, 5) is 19.1. The molecule has 8 heteroatoms. The summed E-state index contributed by atoms with van der Waals surface area (Å²) in [5.41, 5.74) is 1.46. The van der Waals surface area contributed by atoms with Crippen LogP contribution in [0.2, 0.25) is 0 Å². The van der Waals surface area contributed by atoms with Crippen molar-refractivity contribution in [2.75, 3.05) is 6.54 Å². The van der Waals surface area contributed by atoms with Crippen molar-refractivity contribution in [2.24, 2.45) is 0 Å². The van der Waals surface area contributed by atoms with Crippen LogP contribution >= 0.6 is 12.2 Å². The first-order chi connectivity index (χ1) is 10.4. The van der Waals surface area contributed by atoms with Gasteiger partial charge in [0.2, 0.25) is 0 Å². The average Bonchev–Trinajstić information content (AvgIpc) is 2.44. The molecular formula is C14H12F3N3OS. The molecule has 2 aromatic rings. The SMILES string of the molecule is O=c1[nH]c(=S)[nH]c2c1CCN(Cc1cc(F)c(F)c(F)c1)C2. The zero-order valence-electron chi connectivity index (χ0n) is 11.4. The standard InChI is InChI=1S/C14H12F3N3OS/c15-9-3-7(4-10(16)12(9)17)5-20-2-1-8-11(6-20)18-14(22)19-13(8)21/h3-4H,1-2,5-6H2,(H2,18,19,21,22). The van der Waals surface area contributed by atoms with Gasteiger partial charge in [-0.3, -0.25) is 14.7 Å². The Balaban J connectivity index is 1.84. The molecule has 3 rings (SSSR count). The van der Waals surface area contributed by atoms with Crippen LogP contribution in [0.1, 0.15) is 16.8 Å². The van der Waals surface area contributed by atoms with Gasteiger partial charge in [-0.15, -0.1) is 0 Å². The summed E-state index contributed by atoms with van der Waals surface area (Å²) in [5, 5.41) is 0. The average molecular weight is 327 g/mol. The number of halogens is 3.